The van der Waals surface area contributed by atoms with Crippen LogP contribution in [0, 0.1) is 29.6 Å². The summed E-state index contributed by atoms with van der Waals surface area (Å²) in [5, 5.41) is 0. The average Bonchev–Trinajstić information content (AvgIpc) is 2.90. The molecule has 0 spiro atoms. The van der Waals surface area contributed by atoms with E-state index in [1.54, 1.807) is 6.08 Å². The zero-order valence-electron chi connectivity index (χ0n) is 17.0. The molecule has 0 heterocycles. The molecule has 1 fully saturated rings. The van der Waals surface area contributed by atoms with E-state index < -0.39 is 12.0 Å². The maximum Gasteiger partial charge on any atom is 0.170 e. The van der Waals surface area contributed by atoms with Crippen molar-refractivity contribution in [3.63, 3.8) is 0 Å². The molecule has 158 valence electrons. The van der Waals surface area contributed by atoms with Gasteiger partial charge in [0, 0.05) is 0 Å². The molecule has 2 rings (SSSR count). The van der Waals surface area contributed by atoms with Crippen LogP contribution in [-0.4, -0.2) is 11.6 Å². The van der Waals surface area contributed by atoms with Gasteiger partial charge in [0.1, 0.15) is 5.83 Å². The van der Waals surface area contributed by atoms with E-state index in [0.29, 0.717) is 23.3 Å². The van der Waals surface area contributed by atoms with Crippen LogP contribution in [0.3, 0.4) is 0 Å². The van der Waals surface area contributed by atoms with Crippen molar-refractivity contribution < 1.29 is 14.3 Å². The lowest BCUT2D eigenvalue weighted by molar-refractivity contribution is 0.284. The largest absolute Gasteiger partial charge is 0.412 e. The lowest BCUT2D eigenvalue weighted by Gasteiger charge is -2.35. The topological polar surface area (TPSA) is 31.5 Å². The maximum absolute atomic E-state index is 13.9. The molecule has 2 atom stereocenters. The van der Waals surface area contributed by atoms with Crippen molar-refractivity contribution in [2.24, 2.45) is 29.6 Å². The minimum atomic E-state index is -1.51. The second kappa shape index (κ2) is 11.8. The molecular weight excluding hydrogens is 342 g/mol. The summed E-state index contributed by atoms with van der Waals surface area (Å²) >= 11 is 0. The van der Waals surface area contributed by atoms with Gasteiger partial charge in [0.25, 0.3) is 0 Å². The van der Waals surface area contributed by atoms with Gasteiger partial charge in [-0.1, -0.05) is 66.2 Å². The molecule has 2 aliphatic carbocycles. The Kier molecular flexibility index (Phi) is 11.4. The van der Waals surface area contributed by atoms with Gasteiger partial charge in [-0.05, 0) is 73.3 Å². The molecule has 0 saturated heterocycles. The van der Waals surface area contributed by atoms with Crippen molar-refractivity contribution in [2.45, 2.75) is 86.2 Å². The molecule has 27 heavy (non-hydrogen) atoms. The minimum absolute atomic E-state index is 0. The third kappa shape index (κ3) is 6.85. The van der Waals surface area contributed by atoms with Gasteiger partial charge in [-0.3, -0.25) is 0 Å². The summed E-state index contributed by atoms with van der Waals surface area (Å²) in [7, 11) is 0. The summed E-state index contributed by atoms with van der Waals surface area (Å²) in [6.45, 7) is 13.7. The summed E-state index contributed by atoms with van der Waals surface area (Å²) in [6.07, 6.45) is 9.36. The Morgan fingerprint density at radius 2 is 1.70 bits per heavy atom. The smallest absolute Gasteiger partial charge is 0.170 e. The monoisotopic (exact) mass is 384 g/mol. The second-order valence-electron chi connectivity index (χ2n) is 8.86. The number of halogens is 2. The summed E-state index contributed by atoms with van der Waals surface area (Å²) in [6, 6.07) is 0. The molecule has 2 N–H and O–H groups in total. The van der Waals surface area contributed by atoms with E-state index in [1.807, 2.05) is 0 Å². The van der Waals surface area contributed by atoms with Crippen LogP contribution in [0.4, 0.5) is 8.78 Å². The third-order valence-electron chi connectivity index (χ3n) is 6.23. The lowest BCUT2D eigenvalue weighted by Crippen LogP contribution is -2.23. The Balaban J connectivity index is 0.00000338. The summed E-state index contributed by atoms with van der Waals surface area (Å²) in [5.41, 5.74) is 2.03. The number of allylic oxidation sites excluding steroid dienone is 5. The summed E-state index contributed by atoms with van der Waals surface area (Å²) in [5.74, 6) is 2.19. The molecule has 0 radical (unpaired) electrons. The van der Waals surface area contributed by atoms with Crippen molar-refractivity contribution in [3.05, 3.63) is 35.7 Å². The predicted molar refractivity (Wildman–Crippen MR) is 114 cm³/mol. The highest BCUT2D eigenvalue weighted by molar-refractivity contribution is 5.36. The van der Waals surface area contributed by atoms with Gasteiger partial charge in [-0.15, -0.1) is 0 Å². The maximum atomic E-state index is 13.9. The zero-order valence-corrected chi connectivity index (χ0v) is 17.0. The molecule has 0 aromatic heterocycles. The number of hydrogen-bond donors (Lipinski definition) is 0. The van der Waals surface area contributed by atoms with Gasteiger partial charge in [0.2, 0.25) is 0 Å². The Morgan fingerprint density at radius 1 is 1.11 bits per heavy atom. The van der Waals surface area contributed by atoms with Crippen LogP contribution in [0.25, 0.3) is 0 Å². The van der Waals surface area contributed by atoms with Crippen molar-refractivity contribution in [1.82, 2.24) is 0 Å². The van der Waals surface area contributed by atoms with Gasteiger partial charge in [-0.2, -0.15) is 0 Å². The van der Waals surface area contributed by atoms with E-state index in [0.717, 1.165) is 31.6 Å². The highest BCUT2D eigenvalue weighted by Gasteiger charge is 2.32. The fourth-order valence-corrected chi connectivity index (χ4v) is 4.61. The molecule has 1 unspecified atom stereocenters. The first-order valence-electron chi connectivity index (χ1n) is 10.2. The molecule has 0 bridgehead atoms. The molecule has 1 saturated carbocycles. The molecule has 0 amide bonds. The Morgan fingerprint density at radius 3 is 2.15 bits per heavy atom. The predicted octanol–water partition coefficient (Wildman–Crippen LogP) is 7.39. The van der Waals surface area contributed by atoms with Crippen molar-refractivity contribution in [1.29, 1.82) is 0 Å². The van der Waals surface area contributed by atoms with Gasteiger partial charge in [-0.25, -0.2) is 8.78 Å². The fourth-order valence-electron chi connectivity index (χ4n) is 4.61. The van der Waals surface area contributed by atoms with Gasteiger partial charge in [0.15, 0.2) is 6.17 Å². The van der Waals surface area contributed by atoms with Crippen molar-refractivity contribution >= 4 is 0 Å². The second-order valence-corrected chi connectivity index (χ2v) is 8.86. The van der Waals surface area contributed by atoms with Crippen LogP contribution in [-0.2, 0) is 0 Å². The normalized spacial score (nSPS) is 26.1. The Labute approximate surface area is 166 Å². The van der Waals surface area contributed by atoms with Crippen molar-refractivity contribution in [3.8, 4) is 0 Å². The number of rotatable bonds is 8. The van der Waals surface area contributed by atoms with Crippen LogP contribution in [0.5, 0.6) is 0 Å². The van der Waals surface area contributed by atoms with E-state index in [1.165, 1.54) is 30.9 Å². The number of alkyl halides is 1. The van der Waals surface area contributed by atoms with Gasteiger partial charge in [0.05, 0.1) is 0 Å². The quantitative estimate of drug-likeness (QED) is 0.391. The SMILES string of the molecule is C.C=C(C1CCC(C2=C(F)C(F)C=C2)CC1)[C@H](CCCC(C)C)C(C)C.O. The Bertz CT molecular complexity index is 510. The van der Waals surface area contributed by atoms with Crippen molar-refractivity contribution in [2.75, 3.05) is 0 Å². The van der Waals surface area contributed by atoms with Gasteiger partial charge >= 0.3 is 0 Å². The van der Waals surface area contributed by atoms with E-state index in [9.17, 15) is 8.78 Å². The lowest BCUT2D eigenvalue weighted by atomic mass is 9.70. The van der Waals surface area contributed by atoms with Crippen LogP contribution in [0.2, 0.25) is 0 Å². The molecule has 0 aromatic carbocycles. The standard InChI is InChI=1S/C23H36F2.CH4.H2O/c1-15(2)7-6-8-20(16(3)4)17(5)18-9-11-19(12-10-18)21-13-14-22(24)23(21)25;;/h13-16,18-20,22H,5-12H2,1-4H3;1H4;1H2/t18?,19?,20-,22?;;/m1../s1. The van der Waals surface area contributed by atoms with E-state index in [4.69, 9.17) is 0 Å². The zero-order chi connectivity index (χ0) is 18.6. The minimum Gasteiger partial charge on any atom is -0.412 e. The first kappa shape index (κ1) is 26.0. The van der Waals surface area contributed by atoms with Crippen LogP contribution < -0.4 is 0 Å². The van der Waals surface area contributed by atoms with E-state index in [-0.39, 0.29) is 18.8 Å². The first-order chi connectivity index (χ1) is 11.8. The van der Waals surface area contributed by atoms with E-state index in [2.05, 4.69) is 34.3 Å². The van der Waals surface area contributed by atoms with Crippen LogP contribution in [0.1, 0.15) is 80.1 Å². The molecule has 2 aliphatic rings. The highest BCUT2D eigenvalue weighted by Crippen LogP contribution is 2.43. The fraction of sp³-hybridized carbons (Fsp3) is 0.750. The molecule has 0 aromatic rings. The summed E-state index contributed by atoms with van der Waals surface area (Å²) in [4.78, 5) is 0. The van der Waals surface area contributed by atoms with E-state index >= 15 is 0 Å². The van der Waals surface area contributed by atoms with Gasteiger partial charge < -0.3 is 5.48 Å². The first-order valence-corrected chi connectivity index (χ1v) is 10.2. The summed E-state index contributed by atoms with van der Waals surface area (Å²) < 4.78 is 27.2. The molecular formula is C24H42F2O. The molecule has 0 aliphatic heterocycles. The van der Waals surface area contributed by atoms with Crippen LogP contribution >= 0.6 is 0 Å². The Hall–Kier alpha value is -0.960. The molecule has 1 nitrogen and oxygen atoms in total. The molecule has 3 heteroatoms. The van der Waals surface area contributed by atoms with Crippen LogP contribution in [0.15, 0.2) is 35.7 Å². The number of hydrogen-bond acceptors (Lipinski definition) is 0. The third-order valence-corrected chi connectivity index (χ3v) is 6.23. The average molecular weight is 385 g/mol. The highest BCUT2D eigenvalue weighted by atomic mass is 19.2.